The zero-order valence-corrected chi connectivity index (χ0v) is 14.3. The number of quaternary nitrogens is 1. The predicted octanol–water partition coefficient (Wildman–Crippen LogP) is 2.61. The van der Waals surface area contributed by atoms with E-state index in [-0.39, 0.29) is 12.4 Å². The highest BCUT2D eigenvalue weighted by atomic mass is 19.1. The molecule has 2 aromatic carbocycles. The molecule has 1 heterocycles. The molecule has 0 spiro atoms. The van der Waals surface area contributed by atoms with Crippen molar-refractivity contribution in [1.82, 2.24) is 0 Å². The van der Waals surface area contributed by atoms with E-state index < -0.39 is 11.9 Å². The first kappa shape index (κ1) is 17.9. The number of halogens is 1. The Morgan fingerprint density at radius 2 is 1.72 bits per heavy atom. The average Bonchev–Trinajstić information content (AvgIpc) is 2.62. The van der Waals surface area contributed by atoms with Crippen molar-refractivity contribution >= 4 is 0 Å². The molecule has 1 N–H and O–H groups in total. The van der Waals surface area contributed by atoms with Crippen LogP contribution in [0.15, 0.2) is 54.6 Å². The van der Waals surface area contributed by atoms with E-state index in [1.54, 1.807) is 18.2 Å². The molecule has 4 nitrogen and oxygen atoms in total. The summed E-state index contributed by atoms with van der Waals surface area (Å²) in [5.74, 6) is -0.229. The van der Waals surface area contributed by atoms with Crippen molar-refractivity contribution in [3.8, 4) is 5.75 Å². The number of nitrogens with zero attached hydrogens (tertiary/aromatic N) is 1. The minimum Gasteiger partial charge on any atom is -0.488 e. The molecular formula is C20H25FNO3+. The van der Waals surface area contributed by atoms with Crippen molar-refractivity contribution in [2.75, 3.05) is 39.5 Å². The van der Waals surface area contributed by atoms with Gasteiger partial charge in [0.05, 0.1) is 13.2 Å². The molecule has 25 heavy (non-hydrogen) atoms. The van der Waals surface area contributed by atoms with Crippen molar-refractivity contribution in [3.63, 3.8) is 0 Å². The molecule has 0 aliphatic carbocycles. The first-order valence-corrected chi connectivity index (χ1v) is 8.69. The summed E-state index contributed by atoms with van der Waals surface area (Å²) in [6.45, 7) is 4.57. The van der Waals surface area contributed by atoms with Gasteiger partial charge in [-0.05, 0) is 12.1 Å². The maximum Gasteiger partial charge on any atom is 0.165 e. The van der Waals surface area contributed by atoms with Crippen LogP contribution in [-0.4, -0.2) is 55.1 Å². The summed E-state index contributed by atoms with van der Waals surface area (Å²) < 4.78 is 25.4. The molecule has 0 unspecified atom stereocenters. The average molecular weight is 346 g/mol. The maximum atomic E-state index is 13.6. The molecule has 5 heteroatoms. The van der Waals surface area contributed by atoms with E-state index >= 15 is 0 Å². The third kappa shape index (κ3) is 5.01. The highest BCUT2D eigenvalue weighted by Crippen LogP contribution is 2.20. The summed E-state index contributed by atoms with van der Waals surface area (Å²) in [6.07, 6.45) is -0.665. The number of rotatable bonds is 7. The van der Waals surface area contributed by atoms with Gasteiger partial charge < -0.3 is 19.1 Å². The first-order valence-electron chi connectivity index (χ1n) is 8.69. The Morgan fingerprint density at radius 1 is 1.04 bits per heavy atom. The lowest BCUT2D eigenvalue weighted by atomic mass is 10.1. The van der Waals surface area contributed by atoms with Crippen molar-refractivity contribution in [2.24, 2.45) is 0 Å². The second kappa shape index (κ2) is 8.43. The smallest absolute Gasteiger partial charge is 0.165 e. The largest absolute Gasteiger partial charge is 0.488 e. The third-order valence-corrected chi connectivity index (χ3v) is 4.65. The molecule has 3 rings (SSSR count). The second-order valence-corrected chi connectivity index (χ2v) is 6.62. The summed E-state index contributed by atoms with van der Waals surface area (Å²) in [4.78, 5) is 0. The molecule has 1 fully saturated rings. The van der Waals surface area contributed by atoms with Crippen LogP contribution in [-0.2, 0) is 11.3 Å². The summed E-state index contributed by atoms with van der Waals surface area (Å²) in [5, 5.41) is 10.5. The normalized spacial score (nSPS) is 17.8. The zero-order chi connectivity index (χ0) is 17.5. The monoisotopic (exact) mass is 346 g/mol. The standard InChI is InChI=1S/C20H25FNO3/c21-19-8-4-5-9-20(19)25-16-18(23)15-22(10-12-24-13-11-22)14-17-6-2-1-3-7-17/h1-9,18,23H,10-16H2/q+1/t18-/m1/s1. The van der Waals surface area contributed by atoms with Gasteiger partial charge in [-0.3, -0.25) is 0 Å². The Kier molecular flexibility index (Phi) is 6.02. The number of hydrogen-bond donors (Lipinski definition) is 1. The van der Waals surface area contributed by atoms with Gasteiger partial charge in [0, 0.05) is 5.56 Å². The Labute approximate surface area is 148 Å². The highest BCUT2D eigenvalue weighted by molar-refractivity contribution is 5.23. The van der Waals surface area contributed by atoms with Gasteiger partial charge in [0.1, 0.15) is 38.9 Å². The Morgan fingerprint density at radius 3 is 2.44 bits per heavy atom. The highest BCUT2D eigenvalue weighted by Gasteiger charge is 2.33. The molecule has 1 saturated heterocycles. The maximum absolute atomic E-state index is 13.6. The van der Waals surface area contributed by atoms with Crippen molar-refractivity contribution in [1.29, 1.82) is 0 Å². The van der Waals surface area contributed by atoms with Gasteiger partial charge in [0.2, 0.25) is 0 Å². The SMILES string of the molecule is O[C@@H](COc1ccccc1F)C[N+]1(Cc2ccccc2)CCOCC1. The molecule has 2 aromatic rings. The number of para-hydroxylation sites is 1. The van der Waals surface area contributed by atoms with Crippen molar-refractivity contribution in [3.05, 3.63) is 66.0 Å². The van der Waals surface area contributed by atoms with Crippen LogP contribution in [0.1, 0.15) is 5.56 Å². The topological polar surface area (TPSA) is 38.7 Å². The fourth-order valence-electron chi connectivity index (χ4n) is 3.35. The lowest BCUT2D eigenvalue weighted by Gasteiger charge is -2.42. The fourth-order valence-corrected chi connectivity index (χ4v) is 3.35. The van der Waals surface area contributed by atoms with E-state index in [2.05, 4.69) is 12.1 Å². The van der Waals surface area contributed by atoms with Crippen LogP contribution in [0.2, 0.25) is 0 Å². The van der Waals surface area contributed by atoms with E-state index in [1.165, 1.54) is 11.6 Å². The molecule has 0 aromatic heterocycles. The molecule has 0 radical (unpaired) electrons. The molecule has 0 bridgehead atoms. The van der Waals surface area contributed by atoms with Crippen LogP contribution in [0.4, 0.5) is 4.39 Å². The van der Waals surface area contributed by atoms with Crippen LogP contribution in [0.3, 0.4) is 0 Å². The second-order valence-electron chi connectivity index (χ2n) is 6.62. The molecule has 1 atom stereocenters. The van der Waals surface area contributed by atoms with Gasteiger partial charge >= 0.3 is 0 Å². The van der Waals surface area contributed by atoms with Crippen molar-refractivity contribution < 1.29 is 23.5 Å². The van der Waals surface area contributed by atoms with Crippen LogP contribution >= 0.6 is 0 Å². The van der Waals surface area contributed by atoms with Gasteiger partial charge in [-0.2, -0.15) is 0 Å². The summed E-state index contributed by atoms with van der Waals surface area (Å²) in [5.41, 5.74) is 1.24. The first-order chi connectivity index (χ1) is 12.2. The lowest BCUT2D eigenvalue weighted by molar-refractivity contribution is -0.950. The van der Waals surface area contributed by atoms with E-state index in [4.69, 9.17) is 9.47 Å². The minimum absolute atomic E-state index is 0.0799. The number of benzene rings is 2. The quantitative estimate of drug-likeness (QED) is 0.784. The summed E-state index contributed by atoms with van der Waals surface area (Å²) >= 11 is 0. The van der Waals surface area contributed by atoms with Gasteiger partial charge in [-0.25, -0.2) is 4.39 Å². The van der Waals surface area contributed by atoms with E-state index in [9.17, 15) is 9.50 Å². The molecule has 1 aliphatic heterocycles. The Hall–Kier alpha value is -1.95. The number of ether oxygens (including phenoxy) is 2. The molecule has 0 amide bonds. The van der Waals surface area contributed by atoms with Gasteiger partial charge in [-0.15, -0.1) is 0 Å². The van der Waals surface area contributed by atoms with Gasteiger partial charge in [0.15, 0.2) is 11.6 Å². The fraction of sp³-hybridized carbons (Fsp3) is 0.400. The van der Waals surface area contributed by atoms with Crippen LogP contribution in [0.25, 0.3) is 0 Å². The minimum atomic E-state index is -0.665. The summed E-state index contributed by atoms with van der Waals surface area (Å²) in [7, 11) is 0. The number of morpholine rings is 1. The molecule has 1 aliphatic rings. The molecule has 134 valence electrons. The number of aliphatic hydroxyl groups excluding tert-OH is 1. The zero-order valence-electron chi connectivity index (χ0n) is 14.3. The van der Waals surface area contributed by atoms with E-state index in [0.717, 1.165) is 24.1 Å². The van der Waals surface area contributed by atoms with Crippen LogP contribution in [0, 0.1) is 5.82 Å². The lowest BCUT2D eigenvalue weighted by Crippen LogP contribution is -2.58. The number of hydrogen-bond acceptors (Lipinski definition) is 3. The van der Waals surface area contributed by atoms with Gasteiger partial charge in [0.25, 0.3) is 0 Å². The van der Waals surface area contributed by atoms with E-state index in [1.807, 2.05) is 18.2 Å². The summed E-state index contributed by atoms with van der Waals surface area (Å²) in [6, 6.07) is 16.6. The Bertz CT molecular complexity index is 659. The molecular weight excluding hydrogens is 321 g/mol. The predicted molar refractivity (Wildman–Crippen MR) is 93.7 cm³/mol. The van der Waals surface area contributed by atoms with Gasteiger partial charge in [-0.1, -0.05) is 42.5 Å². The number of aliphatic hydroxyl groups is 1. The Balaban J connectivity index is 1.62. The third-order valence-electron chi connectivity index (χ3n) is 4.65. The van der Waals surface area contributed by atoms with Crippen LogP contribution in [0.5, 0.6) is 5.75 Å². The van der Waals surface area contributed by atoms with Crippen LogP contribution < -0.4 is 4.74 Å². The van der Waals surface area contributed by atoms with Crippen molar-refractivity contribution in [2.45, 2.75) is 12.6 Å². The van der Waals surface area contributed by atoms with E-state index in [0.29, 0.717) is 19.8 Å². The molecule has 0 saturated carbocycles.